The molecule has 1 atom stereocenters. The van der Waals surface area contributed by atoms with Crippen molar-refractivity contribution in [1.29, 1.82) is 0 Å². The molecule has 0 amide bonds. The number of phenolic OH excluding ortho intramolecular Hbond substituents is 1. The van der Waals surface area contributed by atoms with Gasteiger partial charge in [-0.3, -0.25) is 0 Å². The van der Waals surface area contributed by atoms with E-state index in [0.717, 1.165) is 30.4 Å². The topological polar surface area (TPSA) is 46.2 Å². The van der Waals surface area contributed by atoms with Crippen LogP contribution in [0.15, 0.2) is 12.1 Å². The van der Waals surface area contributed by atoms with Crippen molar-refractivity contribution in [3.05, 3.63) is 29.1 Å². The predicted octanol–water partition coefficient (Wildman–Crippen LogP) is 1.87. The molecule has 1 aliphatic rings. The van der Waals surface area contributed by atoms with Crippen molar-refractivity contribution in [1.82, 2.24) is 0 Å². The number of aromatic hydroxyl groups is 1. The summed E-state index contributed by atoms with van der Waals surface area (Å²) in [6.45, 7) is 0. The fourth-order valence-electron chi connectivity index (χ4n) is 1.85. The summed E-state index contributed by atoms with van der Waals surface area (Å²) < 4.78 is 12.9. The number of nitrogens with two attached hydrogens (primary N) is 1. The van der Waals surface area contributed by atoms with Gasteiger partial charge < -0.3 is 10.8 Å². The predicted molar refractivity (Wildman–Crippen MR) is 47.9 cm³/mol. The average molecular weight is 181 g/mol. The number of phenols is 1. The van der Waals surface area contributed by atoms with Gasteiger partial charge in [0.1, 0.15) is 0 Å². The van der Waals surface area contributed by atoms with Crippen LogP contribution in [-0.2, 0) is 6.42 Å². The summed E-state index contributed by atoms with van der Waals surface area (Å²) in [5.74, 6) is -0.844. The molecule has 0 saturated carbocycles. The standard InChI is InChI=1S/C10H12FNO/c11-8-4-6-2-1-3-9(12)7(6)5-10(8)13/h4-5,9,13H,1-3,12H2/t9-/m0/s1. The SMILES string of the molecule is N[C@H]1CCCc2cc(F)c(O)cc21. The second-order valence-electron chi connectivity index (χ2n) is 3.50. The molecular formula is C10H12FNO. The Balaban J connectivity index is 2.52. The highest BCUT2D eigenvalue weighted by molar-refractivity contribution is 5.39. The maximum absolute atomic E-state index is 12.9. The molecule has 0 radical (unpaired) electrons. The summed E-state index contributed by atoms with van der Waals surface area (Å²) in [6.07, 6.45) is 2.77. The van der Waals surface area contributed by atoms with Crippen molar-refractivity contribution >= 4 is 0 Å². The number of halogens is 1. The third kappa shape index (κ3) is 1.40. The van der Waals surface area contributed by atoms with Crippen molar-refractivity contribution in [3.63, 3.8) is 0 Å². The highest BCUT2D eigenvalue weighted by Crippen LogP contribution is 2.31. The van der Waals surface area contributed by atoms with Gasteiger partial charge in [0.2, 0.25) is 0 Å². The highest BCUT2D eigenvalue weighted by atomic mass is 19.1. The minimum Gasteiger partial charge on any atom is -0.505 e. The van der Waals surface area contributed by atoms with Crippen LogP contribution in [0.5, 0.6) is 5.75 Å². The van der Waals surface area contributed by atoms with Crippen molar-refractivity contribution in [2.24, 2.45) is 5.73 Å². The molecule has 0 aliphatic heterocycles. The number of aryl methyl sites for hydroxylation is 1. The van der Waals surface area contributed by atoms with Gasteiger partial charge in [-0.15, -0.1) is 0 Å². The first-order chi connectivity index (χ1) is 6.18. The zero-order valence-electron chi connectivity index (χ0n) is 7.26. The van der Waals surface area contributed by atoms with Gasteiger partial charge in [0, 0.05) is 6.04 Å². The van der Waals surface area contributed by atoms with Crippen LogP contribution in [0, 0.1) is 5.82 Å². The quantitative estimate of drug-likeness (QED) is 0.641. The first-order valence-electron chi connectivity index (χ1n) is 4.45. The number of rotatable bonds is 0. The zero-order valence-corrected chi connectivity index (χ0v) is 7.26. The molecule has 0 bridgehead atoms. The minimum absolute atomic E-state index is 0.0461. The van der Waals surface area contributed by atoms with Gasteiger partial charge in [-0.2, -0.15) is 0 Å². The van der Waals surface area contributed by atoms with Crippen LogP contribution in [0.1, 0.15) is 30.0 Å². The van der Waals surface area contributed by atoms with E-state index >= 15 is 0 Å². The summed E-state index contributed by atoms with van der Waals surface area (Å²) in [6, 6.07) is 2.80. The molecule has 1 aromatic rings. The lowest BCUT2D eigenvalue weighted by molar-refractivity contribution is 0.427. The molecule has 0 fully saturated rings. The van der Waals surface area contributed by atoms with Crippen LogP contribution in [-0.4, -0.2) is 5.11 Å². The first-order valence-corrected chi connectivity index (χ1v) is 4.45. The van der Waals surface area contributed by atoms with Gasteiger partial charge in [-0.25, -0.2) is 4.39 Å². The van der Waals surface area contributed by atoms with Crippen LogP contribution in [0.4, 0.5) is 4.39 Å². The minimum atomic E-state index is -0.548. The molecule has 3 N–H and O–H groups in total. The van der Waals surface area contributed by atoms with E-state index in [4.69, 9.17) is 10.8 Å². The Bertz CT molecular complexity index is 338. The summed E-state index contributed by atoms with van der Waals surface area (Å²) in [4.78, 5) is 0. The fourth-order valence-corrected chi connectivity index (χ4v) is 1.85. The van der Waals surface area contributed by atoms with Crippen LogP contribution in [0.2, 0.25) is 0 Å². The first kappa shape index (κ1) is 8.51. The Labute approximate surface area is 76.2 Å². The van der Waals surface area contributed by atoms with E-state index in [1.165, 1.54) is 12.1 Å². The smallest absolute Gasteiger partial charge is 0.165 e. The van der Waals surface area contributed by atoms with E-state index in [-0.39, 0.29) is 11.8 Å². The molecule has 13 heavy (non-hydrogen) atoms. The molecule has 3 heteroatoms. The third-order valence-corrected chi connectivity index (χ3v) is 2.57. The third-order valence-electron chi connectivity index (χ3n) is 2.57. The molecule has 0 unspecified atom stereocenters. The summed E-state index contributed by atoms with van der Waals surface area (Å²) in [7, 11) is 0. The summed E-state index contributed by atoms with van der Waals surface area (Å²) >= 11 is 0. The fraction of sp³-hybridized carbons (Fsp3) is 0.400. The number of benzene rings is 1. The molecule has 1 aliphatic carbocycles. The zero-order chi connectivity index (χ0) is 9.42. The Hall–Kier alpha value is -1.09. The van der Waals surface area contributed by atoms with Crippen molar-refractivity contribution < 1.29 is 9.50 Å². The molecule has 0 aromatic heterocycles. The van der Waals surface area contributed by atoms with Gasteiger partial charge in [0.05, 0.1) is 0 Å². The van der Waals surface area contributed by atoms with Crippen LogP contribution in [0.3, 0.4) is 0 Å². The van der Waals surface area contributed by atoms with E-state index < -0.39 is 5.82 Å². The van der Waals surface area contributed by atoms with E-state index in [0.29, 0.717) is 0 Å². The van der Waals surface area contributed by atoms with Gasteiger partial charge >= 0.3 is 0 Å². The number of fused-ring (bicyclic) bond motifs is 1. The second kappa shape index (κ2) is 3.00. The lowest BCUT2D eigenvalue weighted by Crippen LogP contribution is -2.17. The van der Waals surface area contributed by atoms with Crippen LogP contribution >= 0.6 is 0 Å². The molecule has 0 spiro atoms. The maximum atomic E-state index is 12.9. The van der Waals surface area contributed by atoms with E-state index in [9.17, 15) is 4.39 Å². The van der Waals surface area contributed by atoms with Gasteiger partial charge in [-0.05, 0) is 42.5 Å². The van der Waals surface area contributed by atoms with E-state index in [2.05, 4.69) is 0 Å². The van der Waals surface area contributed by atoms with E-state index in [1.54, 1.807) is 0 Å². The molecule has 70 valence electrons. The Morgan fingerprint density at radius 3 is 3.00 bits per heavy atom. The highest BCUT2D eigenvalue weighted by Gasteiger charge is 2.18. The molecular weight excluding hydrogens is 169 g/mol. The molecule has 2 nitrogen and oxygen atoms in total. The van der Waals surface area contributed by atoms with Crippen LogP contribution in [0.25, 0.3) is 0 Å². The van der Waals surface area contributed by atoms with Crippen LogP contribution < -0.4 is 5.73 Å². The van der Waals surface area contributed by atoms with E-state index in [1.807, 2.05) is 0 Å². The lowest BCUT2D eigenvalue weighted by atomic mass is 9.88. The monoisotopic (exact) mass is 181 g/mol. The Morgan fingerprint density at radius 1 is 1.46 bits per heavy atom. The normalized spacial score (nSPS) is 21.2. The number of hydrogen-bond donors (Lipinski definition) is 2. The Kier molecular flexibility index (Phi) is 1.96. The molecule has 0 saturated heterocycles. The largest absolute Gasteiger partial charge is 0.505 e. The average Bonchev–Trinajstić information content (AvgIpc) is 2.09. The summed E-state index contributed by atoms with van der Waals surface area (Å²) in [5.41, 5.74) is 7.66. The Morgan fingerprint density at radius 2 is 2.23 bits per heavy atom. The van der Waals surface area contributed by atoms with Gasteiger partial charge in [0.15, 0.2) is 11.6 Å². The van der Waals surface area contributed by atoms with Gasteiger partial charge in [0.25, 0.3) is 0 Å². The molecule has 2 rings (SSSR count). The maximum Gasteiger partial charge on any atom is 0.165 e. The van der Waals surface area contributed by atoms with Crippen molar-refractivity contribution in [2.75, 3.05) is 0 Å². The van der Waals surface area contributed by atoms with Crippen molar-refractivity contribution in [3.8, 4) is 5.75 Å². The van der Waals surface area contributed by atoms with Crippen molar-refractivity contribution in [2.45, 2.75) is 25.3 Å². The lowest BCUT2D eigenvalue weighted by Gasteiger charge is -2.22. The van der Waals surface area contributed by atoms with Gasteiger partial charge in [-0.1, -0.05) is 0 Å². The number of hydrogen-bond acceptors (Lipinski definition) is 2. The summed E-state index contributed by atoms with van der Waals surface area (Å²) in [5, 5.41) is 9.16. The molecule has 0 heterocycles. The second-order valence-corrected chi connectivity index (χ2v) is 3.50. The molecule has 1 aromatic carbocycles.